The summed E-state index contributed by atoms with van der Waals surface area (Å²) in [6, 6.07) is 10.7. The van der Waals surface area contributed by atoms with E-state index in [1.807, 2.05) is 12.1 Å². The Kier molecular flexibility index (Phi) is 6.70. The lowest BCUT2D eigenvalue weighted by molar-refractivity contribution is -0.136. The van der Waals surface area contributed by atoms with E-state index in [1.165, 1.54) is 33.3 Å². The van der Waals surface area contributed by atoms with Crippen molar-refractivity contribution in [2.75, 3.05) is 33.3 Å². The lowest BCUT2D eigenvalue weighted by Crippen LogP contribution is -2.24. The molecule has 0 radical (unpaired) electrons. The van der Waals surface area contributed by atoms with Crippen LogP contribution >= 0.6 is 15.9 Å². The molecule has 162 valence electrons. The molecule has 7 nitrogen and oxygen atoms in total. The topological polar surface area (TPSA) is 74.3 Å². The number of carbonyl (C=O) groups excluding carboxylic acids is 2. The summed E-state index contributed by atoms with van der Waals surface area (Å²) in [5.41, 5.74) is 2.02. The molecule has 0 saturated heterocycles. The van der Waals surface area contributed by atoms with Crippen molar-refractivity contribution in [1.82, 2.24) is 0 Å². The van der Waals surface area contributed by atoms with Crippen molar-refractivity contribution in [2.24, 2.45) is 0 Å². The Morgan fingerprint density at radius 2 is 1.71 bits per heavy atom. The van der Waals surface area contributed by atoms with Gasteiger partial charge < -0.3 is 18.9 Å². The number of hydrogen-bond acceptors (Lipinski definition) is 6. The maximum Gasteiger partial charge on any atom is 0.340 e. The Morgan fingerprint density at radius 3 is 2.29 bits per heavy atom. The molecule has 2 aromatic carbocycles. The first-order valence-electron chi connectivity index (χ1n) is 9.28. The molecule has 0 fully saturated rings. The van der Waals surface area contributed by atoms with Crippen molar-refractivity contribution in [2.45, 2.75) is 6.92 Å². The van der Waals surface area contributed by atoms with Gasteiger partial charge in [0.2, 0.25) is 5.75 Å². The van der Waals surface area contributed by atoms with E-state index in [4.69, 9.17) is 18.9 Å². The third-order valence-corrected chi connectivity index (χ3v) is 5.38. The highest BCUT2D eigenvalue weighted by atomic mass is 79.9. The number of carbonyl (C=O) groups is 2. The first kappa shape index (κ1) is 22.4. The molecule has 1 amide bonds. The number of rotatable bonds is 6. The number of allylic oxidation sites excluding steroid dienone is 1. The third kappa shape index (κ3) is 4.03. The number of hydrogen-bond donors (Lipinski definition) is 0. The summed E-state index contributed by atoms with van der Waals surface area (Å²) < 4.78 is 22.0. The van der Waals surface area contributed by atoms with Gasteiger partial charge in [-0.25, -0.2) is 4.79 Å². The second kappa shape index (κ2) is 9.26. The molecule has 0 bridgehead atoms. The van der Waals surface area contributed by atoms with Crippen LogP contribution in [0.15, 0.2) is 57.7 Å². The summed E-state index contributed by atoms with van der Waals surface area (Å²) in [5.74, 6) is 0.288. The van der Waals surface area contributed by atoms with Crippen LogP contribution in [-0.2, 0) is 14.3 Å². The number of methoxy groups -OCH3 is 4. The van der Waals surface area contributed by atoms with E-state index in [0.29, 0.717) is 34.2 Å². The van der Waals surface area contributed by atoms with E-state index in [1.54, 1.807) is 37.3 Å². The van der Waals surface area contributed by atoms with Gasteiger partial charge in [-0.15, -0.1) is 0 Å². The van der Waals surface area contributed by atoms with Crippen LogP contribution in [-0.4, -0.2) is 40.3 Å². The number of benzene rings is 2. The highest BCUT2D eigenvalue weighted by Crippen LogP contribution is 2.42. The number of halogens is 1. The van der Waals surface area contributed by atoms with Gasteiger partial charge in [0, 0.05) is 15.7 Å². The second-order valence-electron chi connectivity index (χ2n) is 6.55. The van der Waals surface area contributed by atoms with Crippen molar-refractivity contribution in [3.63, 3.8) is 0 Å². The summed E-state index contributed by atoms with van der Waals surface area (Å²) in [6.07, 6.45) is 1.59. The molecule has 0 N–H and O–H groups in total. The van der Waals surface area contributed by atoms with Crippen molar-refractivity contribution >= 4 is 39.6 Å². The van der Waals surface area contributed by atoms with Gasteiger partial charge in [-0.05, 0) is 43.3 Å². The van der Waals surface area contributed by atoms with Gasteiger partial charge in [0.15, 0.2) is 11.5 Å². The van der Waals surface area contributed by atoms with Crippen LogP contribution in [0.4, 0.5) is 5.69 Å². The van der Waals surface area contributed by atoms with E-state index in [-0.39, 0.29) is 17.1 Å². The van der Waals surface area contributed by atoms with Gasteiger partial charge in [0.1, 0.15) is 0 Å². The van der Waals surface area contributed by atoms with Gasteiger partial charge in [-0.1, -0.05) is 22.0 Å². The Labute approximate surface area is 189 Å². The Balaban J connectivity index is 2.21. The first-order chi connectivity index (χ1) is 14.9. The molecule has 2 aromatic rings. The van der Waals surface area contributed by atoms with Gasteiger partial charge >= 0.3 is 5.97 Å². The van der Waals surface area contributed by atoms with Crippen LogP contribution in [0.1, 0.15) is 12.5 Å². The third-order valence-electron chi connectivity index (χ3n) is 4.89. The van der Waals surface area contributed by atoms with Crippen molar-refractivity contribution < 1.29 is 28.5 Å². The summed E-state index contributed by atoms with van der Waals surface area (Å²) in [4.78, 5) is 27.5. The van der Waals surface area contributed by atoms with Crippen LogP contribution in [0, 0.1) is 0 Å². The average Bonchev–Trinajstić information content (AvgIpc) is 3.01. The minimum atomic E-state index is -0.603. The van der Waals surface area contributed by atoms with E-state index in [0.717, 1.165) is 4.47 Å². The molecule has 0 unspecified atom stereocenters. The largest absolute Gasteiger partial charge is 0.493 e. The molecule has 0 spiro atoms. The van der Waals surface area contributed by atoms with Crippen LogP contribution in [0.25, 0.3) is 6.08 Å². The van der Waals surface area contributed by atoms with Crippen LogP contribution in [0.3, 0.4) is 0 Å². The van der Waals surface area contributed by atoms with Gasteiger partial charge in [0.05, 0.1) is 45.3 Å². The molecule has 1 aliphatic heterocycles. The number of amides is 1. The highest BCUT2D eigenvalue weighted by molar-refractivity contribution is 9.10. The first-order valence-corrected chi connectivity index (χ1v) is 10.1. The van der Waals surface area contributed by atoms with E-state index < -0.39 is 5.97 Å². The molecular formula is C23H22BrNO6. The SMILES string of the molecule is COC(=O)C1=C(C)N(c2cccc(Br)c2)C(=O)/C1=C\c1ccc(OC)c(OC)c1OC. The molecule has 0 aliphatic carbocycles. The van der Waals surface area contributed by atoms with Crippen molar-refractivity contribution in [3.8, 4) is 17.2 Å². The Hall–Kier alpha value is -3.26. The molecule has 1 aliphatic rings. The predicted molar refractivity (Wildman–Crippen MR) is 120 cm³/mol. The fraction of sp³-hybridized carbons (Fsp3) is 0.217. The second-order valence-corrected chi connectivity index (χ2v) is 7.47. The van der Waals surface area contributed by atoms with Gasteiger partial charge in [-0.3, -0.25) is 9.69 Å². The Bertz CT molecular complexity index is 1110. The standard InChI is InChI=1S/C23H22BrNO6/c1-13-19(23(27)31-5)17(22(26)25(13)16-8-6-7-15(24)12-16)11-14-9-10-18(28-2)21(30-4)20(14)29-3/h6-12H,1-5H3/b17-11-. The summed E-state index contributed by atoms with van der Waals surface area (Å²) in [7, 11) is 5.79. The normalized spacial score (nSPS) is 14.8. The van der Waals surface area contributed by atoms with Crippen LogP contribution in [0.5, 0.6) is 17.2 Å². The predicted octanol–water partition coefficient (Wildman–Crippen LogP) is 4.35. The number of anilines is 1. The zero-order chi connectivity index (χ0) is 22.7. The summed E-state index contributed by atoms with van der Waals surface area (Å²) >= 11 is 3.42. The molecule has 0 aromatic heterocycles. The maximum absolute atomic E-state index is 13.4. The quantitative estimate of drug-likeness (QED) is 0.445. The summed E-state index contributed by atoms with van der Waals surface area (Å²) in [6.45, 7) is 1.71. The van der Waals surface area contributed by atoms with E-state index >= 15 is 0 Å². The van der Waals surface area contributed by atoms with E-state index in [2.05, 4.69) is 15.9 Å². The number of nitrogens with zero attached hydrogens (tertiary/aromatic N) is 1. The fourth-order valence-electron chi connectivity index (χ4n) is 3.50. The number of ether oxygens (including phenoxy) is 4. The minimum Gasteiger partial charge on any atom is -0.493 e. The maximum atomic E-state index is 13.4. The number of esters is 1. The molecule has 3 rings (SSSR count). The fourth-order valence-corrected chi connectivity index (χ4v) is 3.89. The summed E-state index contributed by atoms with van der Waals surface area (Å²) in [5, 5.41) is 0. The van der Waals surface area contributed by atoms with Gasteiger partial charge in [-0.2, -0.15) is 0 Å². The molecule has 1 heterocycles. The molecule has 31 heavy (non-hydrogen) atoms. The molecule has 8 heteroatoms. The average molecular weight is 488 g/mol. The van der Waals surface area contributed by atoms with Crippen LogP contribution < -0.4 is 19.1 Å². The molecular weight excluding hydrogens is 466 g/mol. The lowest BCUT2D eigenvalue weighted by atomic mass is 10.0. The zero-order valence-corrected chi connectivity index (χ0v) is 19.4. The van der Waals surface area contributed by atoms with Crippen molar-refractivity contribution in [1.29, 1.82) is 0 Å². The monoisotopic (exact) mass is 487 g/mol. The Morgan fingerprint density at radius 1 is 1.00 bits per heavy atom. The van der Waals surface area contributed by atoms with Gasteiger partial charge in [0.25, 0.3) is 5.91 Å². The highest BCUT2D eigenvalue weighted by Gasteiger charge is 2.38. The molecule has 0 saturated carbocycles. The zero-order valence-electron chi connectivity index (χ0n) is 17.8. The van der Waals surface area contributed by atoms with Crippen molar-refractivity contribution in [3.05, 3.63) is 63.3 Å². The minimum absolute atomic E-state index is 0.185. The van der Waals surface area contributed by atoms with E-state index in [9.17, 15) is 9.59 Å². The smallest absolute Gasteiger partial charge is 0.340 e. The molecule has 0 atom stereocenters. The van der Waals surface area contributed by atoms with Crippen LogP contribution in [0.2, 0.25) is 0 Å². The lowest BCUT2D eigenvalue weighted by Gasteiger charge is -2.18.